The number of hydrogen-bond acceptors (Lipinski definition) is 0. The van der Waals surface area contributed by atoms with Crippen LogP contribution in [0.15, 0.2) is 58.7 Å². The van der Waals surface area contributed by atoms with Crippen molar-refractivity contribution < 1.29 is 0 Å². The Kier molecular flexibility index (Phi) is 3.98. The summed E-state index contributed by atoms with van der Waals surface area (Å²) >= 11 is 3.41. The van der Waals surface area contributed by atoms with Crippen LogP contribution < -0.4 is 0 Å². The van der Waals surface area contributed by atoms with Crippen LogP contribution in [-0.2, 0) is 0 Å². The van der Waals surface area contributed by atoms with E-state index >= 15 is 0 Å². The normalized spacial score (nSPS) is 9.53. The van der Waals surface area contributed by atoms with Crippen LogP contribution in [0.2, 0.25) is 0 Å². The van der Waals surface area contributed by atoms with Crippen molar-refractivity contribution in [1.29, 1.82) is 0 Å². The molecule has 0 radical (unpaired) electrons. The summed E-state index contributed by atoms with van der Waals surface area (Å²) in [5, 5.41) is 0. The zero-order valence-electron chi connectivity index (χ0n) is 9.65. The average Bonchev–Trinajstić information content (AvgIpc) is 2.34. The molecule has 0 unspecified atom stereocenters. The monoisotopic (exact) mass is 284 g/mol. The van der Waals surface area contributed by atoms with E-state index in [0.717, 1.165) is 10.0 Å². The highest BCUT2D eigenvalue weighted by Gasteiger charge is 1.87. The first-order chi connectivity index (χ1) is 8.24. The highest BCUT2D eigenvalue weighted by molar-refractivity contribution is 9.10. The van der Waals surface area contributed by atoms with Crippen LogP contribution in [0.25, 0.3) is 12.2 Å². The molecule has 17 heavy (non-hydrogen) atoms. The zero-order valence-corrected chi connectivity index (χ0v) is 11.2. The van der Waals surface area contributed by atoms with Gasteiger partial charge in [-0.3, -0.25) is 0 Å². The molecule has 1 heteroatoms. The molecule has 0 nitrogen and oxygen atoms in total. The Bertz CT molecular complexity index is 492. The van der Waals surface area contributed by atoms with Gasteiger partial charge in [0, 0.05) is 4.47 Å². The molecule has 0 aromatic heterocycles. The molecule has 0 amide bonds. The van der Waals surface area contributed by atoms with Crippen LogP contribution in [0, 0.1) is 6.92 Å². The predicted molar refractivity (Wildman–Crippen MR) is 77.8 cm³/mol. The molecule has 0 atom stereocenters. The Morgan fingerprint density at radius 1 is 0.824 bits per heavy atom. The minimum absolute atomic E-state index is 1.09. The highest BCUT2D eigenvalue weighted by Crippen LogP contribution is 2.11. The minimum atomic E-state index is 1.09. The predicted octanol–water partition coefficient (Wildman–Crippen LogP) is 5.08. The van der Waals surface area contributed by atoms with E-state index in [2.05, 4.69) is 65.0 Å². The van der Waals surface area contributed by atoms with Crippen LogP contribution in [0.5, 0.6) is 0 Å². The zero-order chi connectivity index (χ0) is 12.1. The van der Waals surface area contributed by atoms with E-state index in [1.54, 1.807) is 0 Å². The van der Waals surface area contributed by atoms with Gasteiger partial charge in [-0.05, 0) is 42.3 Å². The molecule has 0 saturated heterocycles. The number of rotatable bonds is 2. The lowest BCUT2D eigenvalue weighted by molar-refractivity contribution is 1.46. The van der Waals surface area contributed by atoms with Crippen molar-refractivity contribution >= 4 is 28.1 Å². The van der Waals surface area contributed by atoms with Gasteiger partial charge in [0.1, 0.15) is 0 Å². The van der Waals surface area contributed by atoms with Gasteiger partial charge in [-0.15, -0.1) is 5.73 Å². The van der Waals surface area contributed by atoms with Gasteiger partial charge in [0.15, 0.2) is 0 Å². The van der Waals surface area contributed by atoms with Crippen molar-refractivity contribution in [2.24, 2.45) is 0 Å². The van der Waals surface area contributed by atoms with E-state index in [1.165, 1.54) is 11.1 Å². The van der Waals surface area contributed by atoms with E-state index in [0.29, 0.717) is 0 Å². The summed E-state index contributed by atoms with van der Waals surface area (Å²) in [6.07, 6.45) is 3.97. The van der Waals surface area contributed by atoms with E-state index in [1.807, 2.05) is 24.3 Å². The standard InChI is InChI=1S/C16H13Br/c1-13-5-7-14(8-6-13)3-2-4-15-9-11-16(17)12-10-15/h3-12H,1H3. The quantitative estimate of drug-likeness (QED) is 0.675. The highest BCUT2D eigenvalue weighted by atomic mass is 79.9. The molecule has 0 N–H and O–H groups in total. The van der Waals surface area contributed by atoms with Crippen molar-refractivity contribution in [3.8, 4) is 0 Å². The maximum Gasteiger partial charge on any atom is 0.0175 e. The fraction of sp³-hybridized carbons (Fsp3) is 0.0625. The van der Waals surface area contributed by atoms with Gasteiger partial charge in [-0.2, -0.15) is 0 Å². The maximum atomic E-state index is 3.41. The molecule has 0 fully saturated rings. The van der Waals surface area contributed by atoms with Crippen LogP contribution in [-0.4, -0.2) is 0 Å². The number of hydrogen-bond donors (Lipinski definition) is 0. The second-order valence-corrected chi connectivity index (χ2v) is 4.83. The van der Waals surface area contributed by atoms with Crippen molar-refractivity contribution in [3.05, 3.63) is 75.4 Å². The molecule has 84 valence electrons. The third-order valence-corrected chi connectivity index (χ3v) is 2.98. The van der Waals surface area contributed by atoms with Gasteiger partial charge >= 0.3 is 0 Å². The summed E-state index contributed by atoms with van der Waals surface area (Å²) in [5.41, 5.74) is 6.79. The molecule has 0 aliphatic rings. The van der Waals surface area contributed by atoms with Crippen LogP contribution >= 0.6 is 15.9 Å². The SMILES string of the molecule is Cc1ccc(C=C=Cc2ccc(Br)cc2)cc1. The fourth-order valence-electron chi connectivity index (χ4n) is 1.46. The lowest BCUT2D eigenvalue weighted by Gasteiger charge is -1.93. The molecule has 2 rings (SSSR count). The molecule has 0 heterocycles. The van der Waals surface area contributed by atoms with Crippen molar-refractivity contribution in [1.82, 2.24) is 0 Å². The first kappa shape index (κ1) is 11.9. The van der Waals surface area contributed by atoms with Crippen LogP contribution in [0.1, 0.15) is 16.7 Å². The van der Waals surface area contributed by atoms with Crippen LogP contribution in [0.4, 0.5) is 0 Å². The molecule has 0 aliphatic carbocycles. The van der Waals surface area contributed by atoms with E-state index in [-0.39, 0.29) is 0 Å². The fourth-order valence-corrected chi connectivity index (χ4v) is 1.72. The summed E-state index contributed by atoms with van der Waals surface area (Å²) in [7, 11) is 0. The van der Waals surface area contributed by atoms with E-state index < -0.39 is 0 Å². The molecule has 0 aliphatic heterocycles. The Labute approximate surface area is 110 Å². The second-order valence-electron chi connectivity index (χ2n) is 3.92. The Morgan fingerprint density at radius 2 is 1.29 bits per heavy atom. The molecular formula is C16H13Br. The summed E-state index contributed by atoms with van der Waals surface area (Å²) in [6.45, 7) is 2.09. The van der Waals surface area contributed by atoms with Gasteiger partial charge in [0.25, 0.3) is 0 Å². The molecule has 0 saturated carbocycles. The number of benzene rings is 2. The van der Waals surface area contributed by atoms with E-state index in [4.69, 9.17) is 0 Å². The molecule has 0 bridgehead atoms. The number of aryl methyl sites for hydroxylation is 1. The largest absolute Gasteiger partial charge is 0.120 e. The number of halogens is 1. The smallest absolute Gasteiger partial charge is 0.0175 e. The van der Waals surface area contributed by atoms with Gasteiger partial charge in [0.05, 0.1) is 0 Å². The van der Waals surface area contributed by atoms with Crippen molar-refractivity contribution in [3.63, 3.8) is 0 Å². The maximum absolute atomic E-state index is 3.41. The molecule has 2 aromatic rings. The van der Waals surface area contributed by atoms with Gasteiger partial charge < -0.3 is 0 Å². The summed E-state index contributed by atoms with van der Waals surface area (Å²) in [6, 6.07) is 16.6. The lowest BCUT2D eigenvalue weighted by Crippen LogP contribution is -1.72. The van der Waals surface area contributed by atoms with Gasteiger partial charge in [-0.25, -0.2) is 0 Å². The van der Waals surface area contributed by atoms with Crippen LogP contribution in [0.3, 0.4) is 0 Å². The Hall–Kier alpha value is -1.56. The second kappa shape index (κ2) is 5.67. The Morgan fingerprint density at radius 3 is 1.82 bits per heavy atom. The lowest BCUT2D eigenvalue weighted by atomic mass is 10.1. The average molecular weight is 285 g/mol. The first-order valence-corrected chi connectivity index (χ1v) is 6.28. The van der Waals surface area contributed by atoms with Crippen molar-refractivity contribution in [2.75, 3.05) is 0 Å². The molecular weight excluding hydrogens is 272 g/mol. The minimum Gasteiger partial charge on any atom is -0.120 e. The van der Waals surface area contributed by atoms with Gasteiger partial charge in [0.2, 0.25) is 0 Å². The summed E-state index contributed by atoms with van der Waals surface area (Å²) < 4.78 is 1.09. The molecule has 2 aromatic carbocycles. The topological polar surface area (TPSA) is 0 Å². The Balaban J connectivity index is 2.14. The third-order valence-electron chi connectivity index (χ3n) is 2.45. The van der Waals surface area contributed by atoms with Gasteiger partial charge in [-0.1, -0.05) is 57.9 Å². The first-order valence-electron chi connectivity index (χ1n) is 5.49. The van der Waals surface area contributed by atoms with Crippen molar-refractivity contribution in [2.45, 2.75) is 6.92 Å². The summed E-state index contributed by atoms with van der Waals surface area (Å²) in [4.78, 5) is 0. The third kappa shape index (κ3) is 3.74. The van der Waals surface area contributed by atoms with E-state index in [9.17, 15) is 0 Å². The molecule has 0 spiro atoms. The summed E-state index contributed by atoms with van der Waals surface area (Å²) in [5.74, 6) is 0.